The lowest BCUT2D eigenvalue weighted by Gasteiger charge is -2.32. The van der Waals surface area contributed by atoms with Gasteiger partial charge in [-0.05, 0) is 43.0 Å². The van der Waals surface area contributed by atoms with Gasteiger partial charge in [0.2, 0.25) is 17.7 Å². The SMILES string of the molecule is O=C1[C@@H]2[C@H](Cc3ccc(O)c(O)c3)N[C@@]3(C(=O)Nc4ccccc43)[C@@H]2C(=O)N1C1CCCCCC1. The number of aromatic hydroxyl groups is 2. The molecule has 8 heteroatoms. The maximum absolute atomic E-state index is 14.0. The molecule has 0 bridgehead atoms. The molecular formula is C27H29N3O5. The third kappa shape index (κ3) is 3.19. The summed E-state index contributed by atoms with van der Waals surface area (Å²) < 4.78 is 0. The second-order valence-electron chi connectivity index (χ2n) is 10.3. The van der Waals surface area contributed by atoms with E-state index in [1.807, 2.05) is 24.3 Å². The number of fused-ring (bicyclic) bond motifs is 4. The van der Waals surface area contributed by atoms with Crippen molar-refractivity contribution in [2.45, 2.75) is 62.6 Å². The lowest BCUT2D eigenvalue weighted by Crippen LogP contribution is -2.54. The highest BCUT2D eigenvalue weighted by Crippen LogP contribution is 2.54. The van der Waals surface area contributed by atoms with Gasteiger partial charge in [-0.3, -0.25) is 24.6 Å². The normalized spacial score (nSPS) is 30.5. The third-order valence-corrected chi connectivity index (χ3v) is 8.34. The second kappa shape index (κ2) is 8.09. The molecule has 4 aliphatic rings. The highest BCUT2D eigenvalue weighted by molar-refractivity contribution is 6.15. The van der Waals surface area contributed by atoms with Gasteiger partial charge in [0.05, 0.1) is 11.8 Å². The number of nitrogens with one attached hydrogen (secondary N) is 2. The number of para-hydroxylation sites is 1. The van der Waals surface area contributed by atoms with E-state index in [1.54, 1.807) is 6.07 Å². The first kappa shape index (κ1) is 22.1. The molecule has 1 saturated carbocycles. The quantitative estimate of drug-likeness (QED) is 0.308. The van der Waals surface area contributed by atoms with Crippen LogP contribution >= 0.6 is 0 Å². The minimum atomic E-state index is -1.32. The molecule has 4 atom stereocenters. The van der Waals surface area contributed by atoms with Crippen LogP contribution in [0.3, 0.4) is 0 Å². The molecular weight excluding hydrogens is 446 g/mol. The lowest BCUT2D eigenvalue weighted by molar-refractivity contribution is -0.145. The van der Waals surface area contributed by atoms with E-state index in [1.165, 1.54) is 17.0 Å². The third-order valence-electron chi connectivity index (χ3n) is 8.34. The molecule has 35 heavy (non-hydrogen) atoms. The molecule has 6 rings (SSSR count). The molecule has 2 saturated heterocycles. The van der Waals surface area contributed by atoms with Gasteiger partial charge in [-0.1, -0.05) is 49.9 Å². The smallest absolute Gasteiger partial charge is 0.250 e. The second-order valence-corrected chi connectivity index (χ2v) is 10.3. The van der Waals surface area contributed by atoms with Crippen molar-refractivity contribution in [2.75, 3.05) is 5.32 Å². The summed E-state index contributed by atoms with van der Waals surface area (Å²) in [5, 5.41) is 26.1. The summed E-state index contributed by atoms with van der Waals surface area (Å²) in [7, 11) is 0. The number of rotatable bonds is 3. The van der Waals surface area contributed by atoms with Crippen molar-refractivity contribution in [3.05, 3.63) is 53.6 Å². The number of amides is 3. The standard InChI is InChI=1S/C27H29N3O5/c31-20-12-11-15(14-21(20)32)13-19-22-23(25(34)30(24(22)33)16-7-3-1-2-4-8-16)27(29-19)17-9-5-6-10-18(17)28-26(27)35/h5-6,9-12,14,16,19,22-23,29,31-32H,1-4,7-8,13H2,(H,28,35)/t19-,22+,23-,27+/m0/s1. The number of likely N-dealkylation sites (tertiary alicyclic amines) is 1. The van der Waals surface area contributed by atoms with E-state index in [9.17, 15) is 24.6 Å². The van der Waals surface area contributed by atoms with Crippen LogP contribution in [-0.2, 0) is 26.3 Å². The maximum atomic E-state index is 14.0. The maximum Gasteiger partial charge on any atom is 0.250 e. The summed E-state index contributed by atoms with van der Waals surface area (Å²) in [6, 6.07) is 11.3. The zero-order valence-corrected chi connectivity index (χ0v) is 19.4. The number of hydrogen-bond donors (Lipinski definition) is 4. The summed E-state index contributed by atoms with van der Waals surface area (Å²) >= 11 is 0. The number of nitrogens with zero attached hydrogens (tertiary/aromatic N) is 1. The number of benzene rings is 2. The fourth-order valence-electron chi connectivity index (χ4n) is 6.78. The Labute approximate surface area is 203 Å². The van der Waals surface area contributed by atoms with E-state index >= 15 is 0 Å². The average molecular weight is 476 g/mol. The summed E-state index contributed by atoms with van der Waals surface area (Å²) in [4.78, 5) is 43.0. The molecule has 8 nitrogen and oxygen atoms in total. The predicted octanol–water partition coefficient (Wildman–Crippen LogP) is 2.78. The molecule has 3 fully saturated rings. The van der Waals surface area contributed by atoms with Gasteiger partial charge < -0.3 is 15.5 Å². The first-order valence-electron chi connectivity index (χ1n) is 12.5. The van der Waals surface area contributed by atoms with Crippen molar-refractivity contribution in [3.63, 3.8) is 0 Å². The average Bonchev–Trinajstić information content (AvgIpc) is 3.30. The molecule has 0 aromatic heterocycles. The first-order valence-corrected chi connectivity index (χ1v) is 12.5. The zero-order chi connectivity index (χ0) is 24.3. The minimum absolute atomic E-state index is 0.127. The van der Waals surface area contributed by atoms with Crippen LogP contribution in [0.2, 0.25) is 0 Å². The highest BCUT2D eigenvalue weighted by Gasteiger charge is 2.70. The van der Waals surface area contributed by atoms with E-state index < -0.39 is 23.4 Å². The van der Waals surface area contributed by atoms with E-state index in [4.69, 9.17) is 0 Å². The Morgan fingerprint density at radius 1 is 0.914 bits per heavy atom. The van der Waals surface area contributed by atoms with Crippen molar-refractivity contribution in [3.8, 4) is 11.5 Å². The molecule has 3 aliphatic heterocycles. The summed E-state index contributed by atoms with van der Waals surface area (Å²) in [6.45, 7) is 0. The predicted molar refractivity (Wildman–Crippen MR) is 127 cm³/mol. The van der Waals surface area contributed by atoms with Crippen LogP contribution < -0.4 is 10.6 Å². The van der Waals surface area contributed by atoms with Crippen molar-refractivity contribution < 1.29 is 24.6 Å². The number of anilines is 1. The van der Waals surface area contributed by atoms with Gasteiger partial charge in [-0.15, -0.1) is 0 Å². The van der Waals surface area contributed by atoms with Gasteiger partial charge in [0, 0.05) is 23.3 Å². The minimum Gasteiger partial charge on any atom is -0.504 e. The topological polar surface area (TPSA) is 119 Å². The van der Waals surface area contributed by atoms with Gasteiger partial charge in [0.15, 0.2) is 11.5 Å². The number of carbonyl (C=O) groups is 3. The fraction of sp³-hybridized carbons (Fsp3) is 0.444. The van der Waals surface area contributed by atoms with Crippen LogP contribution in [0, 0.1) is 11.8 Å². The molecule has 1 aliphatic carbocycles. The van der Waals surface area contributed by atoms with E-state index in [0.29, 0.717) is 23.2 Å². The monoisotopic (exact) mass is 475 g/mol. The van der Waals surface area contributed by atoms with E-state index in [-0.39, 0.29) is 35.3 Å². The van der Waals surface area contributed by atoms with Gasteiger partial charge >= 0.3 is 0 Å². The van der Waals surface area contributed by atoms with Crippen LogP contribution in [-0.4, -0.2) is 44.9 Å². The number of hydrogen-bond acceptors (Lipinski definition) is 6. The van der Waals surface area contributed by atoms with Crippen molar-refractivity contribution >= 4 is 23.4 Å². The number of phenols is 2. The Balaban J connectivity index is 1.44. The Hall–Kier alpha value is -3.39. The Kier molecular flexibility index (Phi) is 5.11. The summed E-state index contributed by atoms with van der Waals surface area (Å²) in [6.07, 6.45) is 6.11. The Bertz CT molecular complexity index is 1220. The van der Waals surface area contributed by atoms with Crippen molar-refractivity contribution in [1.82, 2.24) is 10.2 Å². The highest BCUT2D eigenvalue weighted by atomic mass is 16.3. The van der Waals surface area contributed by atoms with Gasteiger partial charge in [-0.2, -0.15) is 0 Å². The fourth-order valence-corrected chi connectivity index (χ4v) is 6.78. The molecule has 2 aromatic carbocycles. The first-order chi connectivity index (χ1) is 16.9. The van der Waals surface area contributed by atoms with Crippen LogP contribution in [0.5, 0.6) is 11.5 Å². The van der Waals surface area contributed by atoms with E-state index in [2.05, 4.69) is 10.6 Å². The van der Waals surface area contributed by atoms with Gasteiger partial charge in [0.1, 0.15) is 5.54 Å². The Morgan fingerprint density at radius 3 is 2.40 bits per heavy atom. The molecule has 4 N–H and O–H groups in total. The molecule has 0 radical (unpaired) electrons. The lowest BCUT2D eigenvalue weighted by atomic mass is 9.76. The van der Waals surface area contributed by atoms with Crippen LogP contribution in [0.15, 0.2) is 42.5 Å². The largest absolute Gasteiger partial charge is 0.504 e. The van der Waals surface area contributed by atoms with Crippen LogP contribution in [0.25, 0.3) is 0 Å². The molecule has 182 valence electrons. The number of phenolic OH excluding ortho intramolecular Hbond substituents is 2. The zero-order valence-electron chi connectivity index (χ0n) is 19.4. The summed E-state index contributed by atoms with van der Waals surface area (Å²) in [5.41, 5.74) is 0.727. The summed E-state index contributed by atoms with van der Waals surface area (Å²) in [5.74, 6) is -2.78. The molecule has 3 heterocycles. The molecule has 0 unspecified atom stereocenters. The van der Waals surface area contributed by atoms with Crippen molar-refractivity contribution in [2.24, 2.45) is 11.8 Å². The molecule has 1 spiro atoms. The van der Waals surface area contributed by atoms with Gasteiger partial charge in [0.25, 0.3) is 0 Å². The number of carbonyl (C=O) groups excluding carboxylic acids is 3. The number of imide groups is 1. The van der Waals surface area contributed by atoms with E-state index in [0.717, 1.165) is 38.5 Å². The Morgan fingerprint density at radius 2 is 1.66 bits per heavy atom. The molecule has 2 aromatic rings. The van der Waals surface area contributed by atoms with Gasteiger partial charge in [-0.25, -0.2) is 0 Å². The molecule has 3 amide bonds. The van der Waals surface area contributed by atoms with Crippen molar-refractivity contribution in [1.29, 1.82) is 0 Å². The van der Waals surface area contributed by atoms with Crippen LogP contribution in [0.1, 0.15) is 49.7 Å². The van der Waals surface area contributed by atoms with Crippen LogP contribution in [0.4, 0.5) is 5.69 Å².